The average molecular weight is 347 g/mol. The zero-order valence-corrected chi connectivity index (χ0v) is 13.9. The van der Waals surface area contributed by atoms with E-state index in [1.807, 2.05) is 31.2 Å². The molecule has 0 aliphatic heterocycles. The van der Waals surface area contributed by atoms with Crippen molar-refractivity contribution in [3.8, 4) is 33.3 Å². The van der Waals surface area contributed by atoms with Crippen LogP contribution in [0.1, 0.15) is 4.88 Å². The van der Waals surface area contributed by atoms with Gasteiger partial charge < -0.3 is 9.47 Å². The Morgan fingerprint density at radius 3 is 2.42 bits per heavy atom. The maximum Gasteiger partial charge on any atom is 0.387 e. The van der Waals surface area contributed by atoms with Gasteiger partial charge in [0.15, 0.2) is 0 Å². The van der Waals surface area contributed by atoms with Crippen molar-refractivity contribution < 1.29 is 18.3 Å². The molecule has 0 aliphatic rings. The summed E-state index contributed by atoms with van der Waals surface area (Å²) in [5.41, 5.74) is 2.60. The molecule has 0 aliphatic carbocycles. The maximum atomic E-state index is 12.2. The highest BCUT2D eigenvalue weighted by atomic mass is 32.1. The lowest BCUT2D eigenvalue weighted by atomic mass is 10.1. The molecule has 0 N–H and O–H groups in total. The highest BCUT2D eigenvalue weighted by Crippen LogP contribution is 2.37. The van der Waals surface area contributed by atoms with Gasteiger partial charge in [-0.3, -0.25) is 0 Å². The van der Waals surface area contributed by atoms with Crippen molar-refractivity contribution in [3.05, 3.63) is 53.4 Å². The number of ether oxygens (including phenoxy) is 2. The predicted molar refractivity (Wildman–Crippen MR) is 90.9 cm³/mol. The molecule has 1 aromatic heterocycles. The highest BCUT2D eigenvalue weighted by molar-refractivity contribution is 7.15. The van der Waals surface area contributed by atoms with Crippen molar-refractivity contribution in [2.24, 2.45) is 0 Å². The third-order valence-corrected chi connectivity index (χ3v) is 4.49. The second-order valence-corrected chi connectivity index (χ2v) is 6.23. The minimum absolute atomic E-state index is 0.131. The van der Waals surface area contributed by atoms with Crippen molar-refractivity contribution in [1.82, 2.24) is 4.98 Å². The Kier molecular flexibility index (Phi) is 4.76. The van der Waals surface area contributed by atoms with Gasteiger partial charge in [0.25, 0.3) is 0 Å². The lowest BCUT2D eigenvalue weighted by Gasteiger charge is -2.05. The van der Waals surface area contributed by atoms with E-state index in [0.717, 1.165) is 32.5 Å². The van der Waals surface area contributed by atoms with Gasteiger partial charge in [0.05, 0.1) is 18.4 Å². The number of alkyl halides is 2. The molecule has 0 bridgehead atoms. The lowest BCUT2D eigenvalue weighted by molar-refractivity contribution is -0.0498. The molecule has 0 radical (unpaired) electrons. The van der Waals surface area contributed by atoms with E-state index in [1.54, 1.807) is 30.6 Å². The Morgan fingerprint density at radius 1 is 1.04 bits per heavy atom. The summed E-state index contributed by atoms with van der Waals surface area (Å²) in [5.74, 6) is 0.894. The summed E-state index contributed by atoms with van der Waals surface area (Å²) in [5, 5.41) is 0.854. The Labute approximate surface area is 142 Å². The van der Waals surface area contributed by atoms with E-state index < -0.39 is 6.61 Å². The summed E-state index contributed by atoms with van der Waals surface area (Å²) in [6.45, 7) is -0.843. The Bertz CT molecular complexity index is 831. The first-order valence-electron chi connectivity index (χ1n) is 7.24. The fourth-order valence-corrected chi connectivity index (χ4v) is 3.36. The van der Waals surface area contributed by atoms with Crippen LogP contribution in [0.3, 0.4) is 0 Å². The first-order valence-corrected chi connectivity index (χ1v) is 8.06. The van der Waals surface area contributed by atoms with E-state index >= 15 is 0 Å². The van der Waals surface area contributed by atoms with Gasteiger partial charge in [-0.25, -0.2) is 4.98 Å². The molecular weight excluding hydrogens is 332 g/mol. The molecule has 0 spiro atoms. The van der Waals surface area contributed by atoms with Crippen LogP contribution in [0, 0.1) is 6.92 Å². The molecule has 1 heterocycles. The van der Waals surface area contributed by atoms with Crippen LogP contribution in [0.25, 0.3) is 21.8 Å². The molecule has 0 atom stereocenters. The minimum Gasteiger partial charge on any atom is -0.496 e. The summed E-state index contributed by atoms with van der Waals surface area (Å²) in [7, 11) is 1.63. The van der Waals surface area contributed by atoms with Crippen LogP contribution in [0.4, 0.5) is 8.78 Å². The molecule has 24 heavy (non-hydrogen) atoms. The molecule has 3 rings (SSSR count). The van der Waals surface area contributed by atoms with E-state index in [-0.39, 0.29) is 5.75 Å². The van der Waals surface area contributed by atoms with Crippen molar-refractivity contribution in [1.29, 1.82) is 0 Å². The maximum absolute atomic E-state index is 12.2. The fourth-order valence-electron chi connectivity index (χ4n) is 2.40. The normalized spacial score (nSPS) is 10.9. The third kappa shape index (κ3) is 3.38. The van der Waals surface area contributed by atoms with Gasteiger partial charge in [-0.05, 0) is 43.3 Å². The molecule has 124 valence electrons. The Balaban J connectivity index is 1.94. The number of aromatic nitrogens is 1. The summed E-state index contributed by atoms with van der Waals surface area (Å²) in [6.07, 6.45) is 0. The third-order valence-electron chi connectivity index (χ3n) is 3.49. The zero-order valence-electron chi connectivity index (χ0n) is 13.1. The number of hydrogen-bond donors (Lipinski definition) is 0. The average Bonchev–Trinajstić information content (AvgIpc) is 2.96. The van der Waals surface area contributed by atoms with Gasteiger partial charge in [0.2, 0.25) is 0 Å². The summed E-state index contributed by atoms with van der Waals surface area (Å²) in [4.78, 5) is 5.74. The van der Waals surface area contributed by atoms with E-state index in [1.165, 1.54) is 12.1 Å². The number of hydrogen-bond acceptors (Lipinski definition) is 4. The van der Waals surface area contributed by atoms with E-state index in [2.05, 4.69) is 4.74 Å². The van der Waals surface area contributed by atoms with Crippen LogP contribution in [-0.4, -0.2) is 18.7 Å². The van der Waals surface area contributed by atoms with Crippen molar-refractivity contribution in [3.63, 3.8) is 0 Å². The Morgan fingerprint density at radius 2 is 1.75 bits per heavy atom. The van der Waals surface area contributed by atoms with Gasteiger partial charge >= 0.3 is 6.61 Å². The van der Waals surface area contributed by atoms with Gasteiger partial charge in [-0.15, -0.1) is 11.3 Å². The summed E-state index contributed by atoms with van der Waals surface area (Å²) in [6, 6.07) is 14.2. The van der Waals surface area contributed by atoms with E-state index in [9.17, 15) is 8.78 Å². The highest BCUT2D eigenvalue weighted by Gasteiger charge is 2.14. The number of thiazole rings is 1. The minimum atomic E-state index is -2.82. The van der Waals surface area contributed by atoms with Gasteiger partial charge in [0, 0.05) is 10.4 Å². The predicted octanol–water partition coefficient (Wildman–Crippen LogP) is 5.40. The molecule has 0 fully saturated rings. The fraction of sp³-hybridized carbons (Fsp3) is 0.167. The monoisotopic (exact) mass is 347 g/mol. The lowest BCUT2D eigenvalue weighted by Crippen LogP contribution is -2.01. The van der Waals surface area contributed by atoms with Crippen molar-refractivity contribution in [2.75, 3.05) is 7.11 Å². The van der Waals surface area contributed by atoms with Crippen LogP contribution in [-0.2, 0) is 0 Å². The molecule has 2 aromatic carbocycles. The molecular formula is C18H15F2NO2S. The zero-order chi connectivity index (χ0) is 17.1. The molecule has 3 nitrogen and oxygen atoms in total. The smallest absolute Gasteiger partial charge is 0.387 e. The second kappa shape index (κ2) is 6.97. The number of nitrogens with zero attached hydrogens (tertiary/aromatic N) is 1. The molecule has 6 heteroatoms. The Hall–Kier alpha value is -2.47. The van der Waals surface area contributed by atoms with E-state index in [4.69, 9.17) is 9.72 Å². The number of aryl methyl sites for hydroxylation is 1. The number of halogens is 2. The van der Waals surface area contributed by atoms with Crippen LogP contribution in [0.2, 0.25) is 0 Å². The SMILES string of the molecule is COc1ccccc1-c1nc(-c2ccc(OC(F)F)cc2)c(C)s1. The second-order valence-electron chi connectivity index (χ2n) is 5.03. The number of methoxy groups -OCH3 is 1. The first-order chi connectivity index (χ1) is 11.6. The number of benzene rings is 2. The molecule has 0 saturated carbocycles. The number of para-hydroxylation sites is 1. The number of rotatable bonds is 5. The van der Waals surface area contributed by atoms with Gasteiger partial charge in [0.1, 0.15) is 16.5 Å². The van der Waals surface area contributed by atoms with Crippen molar-refractivity contribution in [2.45, 2.75) is 13.5 Å². The van der Waals surface area contributed by atoms with Gasteiger partial charge in [-0.2, -0.15) is 8.78 Å². The van der Waals surface area contributed by atoms with Crippen LogP contribution >= 0.6 is 11.3 Å². The van der Waals surface area contributed by atoms with Crippen LogP contribution in [0.15, 0.2) is 48.5 Å². The van der Waals surface area contributed by atoms with Crippen LogP contribution < -0.4 is 9.47 Å². The topological polar surface area (TPSA) is 31.4 Å². The quantitative estimate of drug-likeness (QED) is 0.619. The first kappa shape index (κ1) is 16.4. The van der Waals surface area contributed by atoms with Gasteiger partial charge in [-0.1, -0.05) is 12.1 Å². The standard InChI is InChI=1S/C18H15F2NO2S/c1-11-16(12-7-9-13(10-8-12)23-18(19)20)21-17(24-11)14-5-3-4-6-15(14)22-2/h3-10,18H,1-2H3. The summed E-state index contributed by atoms with van der Waals surface area (Å²) < 4.78 is 34.2. The molecule has 0 amide bonds. The molecule has 3 aromatic rings. The molecule has 0 saturated heterocycles. The van der Waals surface area contributed by atoms with Crippen molar-refractivity contribution >= 4 is 11.3 Å². The van der Waals surface area contributed by atoms with E-state index in [0.29, 0.717) is 0 Å². The summed E-state index contributed by atoms with van der Waals surface area (Å²) >= 11 is 1.56. The largest absolute Gasteiger partial charge is 0.496 e. The van der Waals surface area contributed by atoms with Crippen LogP contribution in [0.5, 0.6) is 11.5 Å². The molecule has 0 unspecified atom stereocenters.